The maximum Gasteiger partial charge on any atom is 0.219 e. The summed E-state index contributed by atoms with van der Waals surface area (Å²) in [6.45, 7) is 6.77. The van der Waals surface area contributed by atoms with Crippen molar-refractivity contribution in [2.75, 3.05) is 33.2 Å². The SMILES string of the molecule is CCCCN(CCCC(=O)NC)CC1CCCN1. The van der Waals surface area contributed by atoms with Crippen molar-refractivity contribution >= 4 is 5.91 Å². The maximum atomic E-state index is 11.2. The number of unbranched alkanes of at least 4 members (excludes halogenated alkanes) is 1. The van der Waals surface area contributed by atoms with E-state index in [2.05, 4.69) is 22.5 Å². The highest BCUT2D eigenvalue weighted by Crippen LogP contribution is 2.08. The first-order valence-electron chi connectivity index (χ1n) is 7.42. The van der Waals surface area contributed by atoms with Gasteiger partial charge in [0.25, 0.3) is 0 Å². The Hall–Kier alpha value is -0.610. The highest BCUT2D eigenvalue weighted by Gasteiger charge is 2.17. The first-order valence-corrected chi connectivity index (χ1v) is 7.42. The highest BCUT2D eigenvalue weighted by molar-refractivity contribution is 5.75. The van der Waals surface area contributed by atoms with Crippen LogP contribution in [0.3, 0.4) is 0 Å². The van der Waals surface area contributed by atoms with Crippen LogP contribution >= 0.6 is 0 Å². The van der Waals surface area contributed by atoms with Crippen molar-refractivity contribution in [2.45, 2.75) is 51.5 Å². The maximum absolute atomic E-state index is 11.2. The second kappa shape index (κ2) is 9.34. The predicted octanol–water partition coefficient (Wildman–Crippen LogP) is 1.37. The zero-order chi connectivity index (χ0) is 13.2. The topological polar surface area (TPSA) is 44.4 Å². The van der Waals surface area contributed by atoms with Crippen molar-refractivity contribution in [3.05, 3.63) is 0 Å². The number of carbonyl (C=O) groups is 1. The molecule has 0 aromatic rings. The van der Waals surface area contributed by atoms with E-state index in [1.807, 2.05) is 0 Å². The van der Waals surface area contributed by atoms with Crippen molar-refractivity contribution in [2.24, 2.45) is 0 Å². The molecule has 0 bridgehead atoms. The molecule has 0 aromatic heterocycles. The molecule has 4 heteroatoms. The summed E-state index contributed by atoms with van der Waals surface area (Å²) in [6.07, 6.45) is 6.73. The van der Waals surface area contributed by atoms with Crippen molar-refractivity contribution in [3.63, 3.8) is 0 Å². The van der Waals surface area contributed by atoms with E-state index in [0.717, 1.165) is 19.5 Å². The molecule has 0 spiro atoms. The molecule has 1 rings (SSSR count). The minimum atomic E-state index is 0.157. The minimum absolute atomic E-state index is 0.157. The first-order chi connectivity index (χ1) is 8.76. The van der Waals surface area contributed by atoms with Gasteiger partial charge in [-0.1, -0.05) is 13.3 Å². The lowest BCUT2D eigenvalue weighted by Gasteiger charge is -2.25. The standard InChI is InChI=1S/C14H29N3O/c1-3-4-10-17(11-6-8-14(18)15-2)12-13-7-5-9-16-13/h13,16H,3-12H2,1-2H3,(H,15,18). The number of rotatable bonds is 9. The molecule has 1 heterocycles. The zero-order valence-electron chi connectivity index (χ0n) is 12.0. The normalized spacial score (nSPS) is 19.4. The van der Waals surface area contributed by atoms with E-state index in [1.54, 1.807) is 7.05 Å². The van der Waals surface area contributed by atoms with E-state index in [9.17, 15) is 4.79 Å². The zero-order valence-corrected chi connectivity index (χ0v) is 12.0. The Morgan fingerprint density at radius 2 is 2.17 bits per heavy atom. The summed E-state index contributed by atoms with van der Waals surface area (Å²) in [7, 11) is 1.71. The molecule has 1 unspecified atom stereocenters. The van der Waals surface area contributed by atoms with E-state index in [-0.39, 0.29) is 5.91 Å². The molecule has 106 valence electrons. The molecule has 1 aliphatic heterocycles. The molecule has 1 atom stereocenters. The van der Waals surface area contributed by atoms with Crippen LogP contribution in [0.1, 0.15) is 45.4 Å². The minimum Gasteiger partial charge on any atom is -0.359 e. The quantitative estimate of drug-likeness (QED) is 0.654. The summed E-state index contributed by atoms with van der Waals surface area (Å²) < 4.78 is 0. The van der Waals surface area contributed by atoms with Crippen LogP contribution in [0.15, 0.2) is 0 Å². The van der Waals surface area contributed by atoms with Gasteiger partial charge in [-0.2, -0.15) is 0 Å². The number of nitrogens with one attached hydrogen (secondary N) is 2. The average molecular weight is 255 g/mol. The Morgan fingerprint density at radius 3 is 2.78 bits per heavy atom. The third-order valence-electron chi connectivity index (χ3n) is 3.63. The lowest BCUT2D eigenvalue weighted by Crippen LogP contribution is -2.38. The van der Waals surface area contributed by atoms with Gasteiger partial charge in [0.15, 0.2) is 0 Å². The van der Waals surface area contributed by atoms with Gasteiger partial charge < -0.3 is 15.5 Å². The number of hydrogen-bond acceptors (Lipinski definition) is 3. The number of hydrogen-bond donors (Lipinski definition) is 2. The fourth-order valence-electron chi connectivity index (χ4n) is 2.49. The second-order valence-electron chi connectivity index (χ2n) is 5.22. The third kappa shape index (κ3) is 6.36. The van der Waals surface area contributed by atoms with E-state index >= 15 is 0 Å². The molecule has 1 saturated heterocycles. The summed E-state index contributed by atoms with van der Waals surface area (Å²) in [6, 6.07) is 0.668. The number of amides is 1. The monoisotopic (exact) mass is 255 g/mol. The van der Waals surface area contributed by atoms with Crippen LogP contribution in [-0.2, 0) is 4.79 Å². The summed E-state index contributed by atoms with van der Waals surface area (Å²) >= 11 is 0. The Bertz CT molecular complexity index is 227. The van der Waals surface area contributed by atoms with Gasteiger partial charge in [0, 0.05) is 26.1 Å². The van der Waals surface area contributed by atoms with Crippen LogP contribution in [0.5, 0.6) is 0 Å². The lowest BCUT2D eigenvalue weighted by atomic mass is 10.2. The molecule has 0 aliphatic carbocycles. The van der Waals surface area contributed by atoms with E-state index < -0.39 is 0 Å². The summed E-state index contributed by atoms with van der Waals surface area (Å²) in [5, 5.41) is 6.24. The van der Waals surface area contributed by atoms with Crippen molar-refractivity contribution in [1.29, 1.82) is 0 Å². The van der Waals surface area contributed by atoms with E-state index in [0.29, 0.717) is 12.5 Å². The molecule has 1 aliphatic rings. The molecular formula is C14H29N3O. The largest absolute Gasteiger partial charge is 0.359 e. The van der Waals surface area contributed by atoms with E-state index in [4.69, 9.17) is 0 Å². The van der Waals surface area contributed by atoms with Crippen LogP contribution in [0, 0.1) is 0 Å². The average Bonchev–Trinajstić information content (AvgIpc) is 2.88. The Labute approximate surface area is 111 Å². The van der Waals surface area contributed by atoms with Crippen molar-refractivity contribution in [3.8, 4) is 0 Å². The molecule has 0 aromatic carbocycles. The number of carbonyl (C=O) groups excluding carboxylic acids is 1. The van der Waals surface area contributed by atoms with Crippen LogP contribution in [-0.4, -0.2) is 50.1 Å². The lowest BCUT2D eigenvalue weighted by molar-refractivity contribution is -0.120. The van der Waals surface area contributed by atoms with Crippen LogP contribution in [0.25, 0.3) is 0 Å². The van der Waals surface area contributed by atoms with Gasteiger partial charge in [0.05, 0.1) is 0 Å². The molecule has 0 saturated carbocycles. The second-order valence-corrected chi connectivity index (χ2v) is 5.22. The van der Waals surface area contributed by atoms with Crippen LogP contribution in [0.2, 0.25) is 0 Å². The molecule has 4 nitrogen and oxygen atoms in total. The summed E-state index contributed by atoms with van der Waals surface area (Å²) in [5.41, 5.74) is 0. The fourth-order valence-corrected chi connectivity index (χ4v) is 2.49. The Morgan fingerprint density at radius 1 is 1.39 bits per heavy atom. The molecule has 1 amide bonds. The van der Waals surface area contributed by atoms with Gasteiger partial charge in [0.1, 0.15) is 0 Å². The molecule has 0 radical (unpaired) electrons. The van der Waals surface area contributed by atoms with Gasteiger partial charge >= 0.3 is 0 Å². The fraction of sp³-hybridized carbons (Fsp3) is 0.929. The summed E-state index contributed by atoms with van der Waals surface area (Å²) in [4.78, 5) is 13.7. The van der Waals surface area contributed by atoms with Crippen molar-refractivity contribution < 1.29 is 4.79 Å². The highest BCUT2D eigenvalue weighted by atomic mass is 16.1. The van der Waals surface area contributed by atoms with Gasteiger partial charge in [0.2, 0.25) is 5.91 Å². The van der Waals surface area contributed by atoms with Gasteiger partial charge in [-0.3, -0.25) is 4.79 Å². The molecular weight excluding hydrogens is 226 g/mol. The summed E-state index contributed by atoms with van der Waals surface area (Å²) in [5.74, 6) is 0.157. The Balaban J connectivity index is 2.22. The van der Waals surface area contributed by atoms with Gasteiger partial charge in [-0.25, -0.2) is 0 Å². The van der Waals surface area contributed by atoms with E-state index in [1.165, 1.54) is 38.8 Å². The van der Waals surface area contributed by atoms with Crippen LogP contribution in [0.4, 0.5) is 0 Å². The number of nitrogens with zero attached hydrogens (tertiary/aromatic N) is 1. The van der Waals surface area contributed by atoms with Gasteiger partial charge in [-0.15, -0.1) is 0 Å². The first kappa shape index (κ1) is 15.4. The van der Waals surface area contributed by atoms with Gasteiger partial charge in [-0.05, 0) is 45.3 Å². The van der Waals surface area contributed by atoms with Crippen molar-refractivity contribution in [1.82, 2.24) is 15.5 Å². The molecule has 2 N–H and O–H groups in total. The van der Waals surface area contributed by atoms with Crippen LogP contribution < -0.4 is 10.6 Å². The molecule has 1 fully saturated rings. The third-order valence-corrected chi connectivity index (χ3v) is 3.63. The Kier molecular flexibility index (Phi) is 8.01. The molecule has 18 heavy (non-hydrogen) atoms. The smallest absolute Gasteiger partial charge is 0.219 e. The predicted molar refractivity (Wildman–Crippen MR) is 75.7 cm³/mol.